The van der Waals surface area contributed by atoms with Crippen molar-refractivity contribution in [3.63, 3.8) is 0 Å². The average Bonchev–Trinajstić information content (AvgIpc) is 2.95. The number of aryl methyl sites for hydroxylation is 1. The number of imidazole rings is 1. The Hall–Kier alpha value is -1.32. The van der Waals surface area contributed by atoms with Gasteiger partial charge in [-0.2, -0.15) is 0 Å². The lowest BCUT2D eigenvalue weighted by molar-refractivity contribution is -0.127. The fraction of sp³-hybridized carbons (Fsp3) is 0.714. The van der Waals surface area contributed by atoms with Crippen molar-refractivity contribution >= 4 is 5.91 Å². The number of amides is 1. The molecule has 0 N–H and O–H groups in total. The second kappa shape index (κ2) is 4.41. The highest BCUT2D eigenvalue weighted by atomic mass is 16.2. The first-order valence-electron chi connectivity index (χ1n) is 6.92. The van der Waals surface area contributed by atoms with Gasteiger partial charge in [-0.3, -0.25) is 4.79 Å². The van der Waals surface area contributed by atoms with E-state index in [1.807, 2.05) is 11.1 Å². The Bertz CT molecular complexity index is 462. The molecular weight excluding hydrogens is 226 g/mol. The van der Waals surface area contributed by atoms with Crippen molar-refractivity contribution in [3.8, 4) is 0 Å². The van der Waals surface area contributed by atoms with Gasteiger partial charge in [-0.05, 0) is 32.1 Å². The Kier molecular flexibility index (Phi) is 2.88. The maximum atomic E-state index is 11.4. The van der Waals surface area contributed by atoms with Crippen LogP contribution in [0, 0.1) is 12.8 Å². The number of nitrogens with zero attached hydrogens (tertiary/aromatic N) is 3. The van der Waals surface area contributed by atoms with Gasteiger partial charge in [0, 0.05) is 44.4 Å². The van der Waals surface area contributed by atoms with Crippen LogP contribution in [0.1, 0.15) is 43.6 Å². The lowest BCUT2D eigenvalue weighted by Gasteiger charge is -2.16. The molecule has 4 nitrogen and oxygen atoms in total. The van der Waals surface area contributed by atoms with E-state index in [-0.39, 0.29) is 5.91 Å². The lowest BCUT2D eigenvalue weighted by Crippen LogP contribution is -2.26. The molecule has 1 aromatic heterocycles. The topological polar surface area (TPSA) is 38.1 Å². The molecule has 2 fully saturated rings. The van der Waals surface area contributed by atoms with Crippen molar-refractivity contribution in [1.82, 2.24) is 14.5 Å². The van der Waals surface area contributed by atoms with Gasteiger partial charge in [-0.1, -0.05) is 0 Å². The van der Waals surface area contributed by atoms with E-state index in [1.54, 1.807) is 6.92 Å². The summed E-state index contributed by atoms with van der Waals surface area (Å²) in [5.41, 5.74) is 1.26. The third-order valence-electron chi connectivity index (χ3n) is 4.20. The molecule has 0 spiro atoms. The van der Waals surface area contributed by atoms with Gasteiger partial charge in [0.2, 0.25) is 5.91 Å². The minimum absolute atomic E-state index is 0.210. The van der Waals surface area contributed by atoms with Gasteiger partial charge >= 0.3 is 0 Å². The van der Waals surface area contributed by atoms with Crippen molar-refractivity contribution in [1.29, 1.82) is 0 Å². The highest BCUT2D eigenvalue weighted by molar-refractivity contribution is 5.73. The van der Waals surface area contributed by atoms with E-state index < -0.39 is 0 Å². The maximum Gasteiger partial charge on any atom is 0.219 e. The quantitative estimate of drug-likeness (QED) is 0.818. The Morgan fingerprint density at radius 2 is 2.22 bits per heavy atom. The Morgan fingerprint density at radius 3 is 2.83 bits per heavy atom. The molecule has 0 radical (unpaired) electrons. The van der Waals surface area contributed by atoms with Crippen LogP contribution >= 0.6 is 0 Å². The highest BCUT2D eigenvalue weighted by Gasteiger charge is 2.31. The van der Waals surface area contributed by atoms with Crippen LogP contribution in [0.5, 0.6) is 0 Å². The molecule has 3 rings (SSSR count). The molecule has 2 aliphatic rings. The normalized spacial score (nSPS) is 23.7. The van der Waals surface area contributed by atoms with Gasteiger partial charge in [0.15, 0.2) is 0 Å². The summed E-state index contributed by atoms with van der Waals surface area (Å²) in [7, 11) is 0. The van der Waals surface area contributed by atoms with Crippen molar-refractivity contribution in [3.05, 3.63) is 17.7 Å². The SMILES string of the molecule is CC(=O)N1CCC(Cn2c(C)cnc2C2CC2)C1. The fourth-order valence-electron chi connectivity index (χ4n) is 2.91. The third kappa shape index (κ3) is 2.16. The van der Waals surface area contributed by atoms with Crippen LogP contribution in [-0.2, 0) is 11.3 Å². The number of rotatable bonds is 3. The predicted molar refractivity (Wildman–Crippen MR) is 69.3 cm³/mol. The first kappa shape index (κ1) is 11.8. The monoisotopic (exact) mass is 247 g/mol. The van der Waals surface area contributed by atoms with E-state index in [4.69, 9.17) is 0 Å². The summed E-state index contributed by atoms with van der Waals surface area (Å²) in [4.78, 5) is 17.9. The van der Waals surface area contributed by atoms with Crippen LogP contribution < -0.4 is 0 Å². The van der Waals surface area contributed by atoms with E-state index in [2.05, 4.69) is 16.5 Å². The van der Waals surface area contributed by atoms with Gasteiger partial charge in [0.1, 0.15) is 5.82 Å². The summed E-state index contributed by atoms with van der Waals surface area (Å²) in [5.74, 6) is 2.78. The predicted octanol–water partition coefficient (Wildman–Crippen LogP) is 1.94. The second-order valence-electron chi connectivity index (χ2n) is 5.76. The minimum atomic E-state index is 0.210. The van der Waals surface area contributed by atoms with Crippen LogP contribution in [-0.4, -0.2) is 33.4 Å². The van der Waals surface area contributed by atoms with E-state index in [1.165, 1.54) is 24.4 Å². The van der Waals surface area contributed by atoms with Crippen LogP contribution in [0.3, 0.4) is 0 Å². The number of hydrogen-bond acceptors (Lipinski definition) is 2. The first-order valence-corrected chi connectivity index (χ1v) is 6.92. The van der Waals surface area contributed by atoms with Crippen LogP contribution in [0.25, 0.3) is 0 Å². The molecule has 1 unspecified atom stereocenters. The first-order chi connectivity index (χ1) is 8.65. The summed E-state index contributed by atoms with van der Waals surface area (Å²) in [6.07, 6.45) is 5.70. The van der Waals surface area contributed by atoms with Crippen molar-refractivity contribution in [2.45, 2.75) is 45.6 Å². The standard InChI is InChI=1S/C14H21N3O/c1-10-7-15-14(13-3-4-13)17(10)9-12-5-6-16(8-12)11(2)18/h7,12-13H,3-6,8-9H2,1-2H3. The minimum Gasteiger partial charge on any atom is -0.343 e. The summed E-state index contributed by atoms with van der Waals surface area (Å²) >= 11 is 0. The number of hydrogen-bond donors (Lipinski definition) is 0. The number of aromatic nitrogens is 2. The second-order valence-corrected chi connectivity index (χ2v) is 5.76. The van der Waals surface area contributed by atoms with Crippen molar-refractivity contribution < 1.29 is 4.79 Å². The molecule has 1 saturated carbocycles. The smallest absolute Gasteiger partial charge is 0.219 e. The average molecular weight is 247 g/mol. The molecular formula is C14H21N3O. The van der Waals surface area contributed by atoms with Crippen LogP contribution in [0.4, 0.5) is 0 Å². The van der Waals surface area contributed by atoms with E-state index in [0.717, 1.165) is 26.1 Å². The third-order valence-corrected chi connectivity index (χ3v) is 4.20. The molecule has 1 saturated heterocycles. The fourth-order valence-corrected chi connectivity index (χ4v) is 2.91. The molecule has 1 atom stereocenters. The Balaban J connectivity index is 1.69. The Morgan fingerprint density at radius 1 is 1.44 bits per heavy atom. The largest absolute Gasteiger partial charge is 0.343 e. The molecule has 0 aromatic carbocycles. The van der Waals surface area contributed by atoms with Gasteiger partial charge in [-0.15, -0.1) is 0 Å². The number of carbonyl (C=O) groups is 1. The molecule has 18 heavy (non-hydrogen) atoms. The molecule has 1 aliphatic heterocycles. The van der Waals surface area contributed by atoms with E-state index in [9.17, 15) is 4.79 Å². The summed E-state index contributed by atoms with van der Waals surface area (Å²) in [6.45, 7) is 6.67. The van der Waals surface area contributed by atoms with E-state index >= 15 is 0 Å². The van der Waals surface area contributed by atoms with Crippen LogP contribution in [0.2, 0.25) is 0 Å². The summed E-state index contributed by atoms with van der Waals surface area (Å²) < 4.78 is 2.38. The van der Waals surface area contributed by atoms with Crippen molar-refractivity contribution in [2.75, 3.05) is 13.1 Å². The van der Waals surface area contributed by atoms with Crippen LogP contribution in [0.15, 0.2) is 6.20 Å². The molecule has 1 aliphatic carbocycles. The summed E-state index contributed by atoms with van der Waals surface area (Å²) in [5, 5.41) is 0. The number of carbonyl (C=O) groups excluding carboxylic acids is 1. The molecule has 2 heterocycles. The lowest BCUT2D eigenvalue weighted by atomic mass is 10.1. The van der Waals surface area contributed by atoms with Crippen molar-refractivity contribution in [2.24, 2.45) is 5.92 Å². The highest BCUT2D eigenvalue weighted by Crippen LogP contribution is 2.39. The molecule has 98 valence electrons. The van der Waals surface area contributed by atoms with E-state index in [0.29, 0.717) is 11.8 Å². The maximum absolute atomic E-state index is 11.4. The zero-order chi connectivity index (χ0) is 12.7. The molecule has 4 heteroatoms. The zero-order valence-electron chi connectivity index (χ0n) is 11.2. The van der Waals surface area contributed by atoms with Gasteiger partial charge < -0.3 is 9.47 Å². The van der Waals surface area contributed by atoms with Gasteiger partial charge in [-0.25, -0.2) is 4.98 Å². The Labute approximate surface area is 108 Å². The molecule has 1 amide bonds. The summed E-state index contributed by atoms with van der Waals surface area (Å²) in [6, 6.07) is 0. The van der Waals surface area contributed by atoms with Gasteiger partial charge in [0.25, 0.3) is 0 Å². The van der Waals surface area contributed by atoms with Gasteiger partial charge in [0.05, 0.1) is 0 Å². The zero-order valence-corrected chi connectivity index (χ0v) is 11.2. The molecule has 1 aromatic rings. The molecule has 0 bridgehead atoms. The number of likely N-dealkylation sites (tertiary alicyclic amines) is 1.